The lowest BCUT2D eigenvalue weighted by Crippen LogP contribution is -2.21. The van der Waals surface area contributed by atoms with Crippen LogP contribution in [0.25, 0.3) is 4.98 Å². The highest BCUT2D eigenvalue weighted by atomic mass is 19.1. The molecule has 0 saturated heterocycles. The predicted molar refractivity (Wildman–Crippen MR) is 63.1 cm³/mol. The van der Waals surface area contributed by atoms with Crippen LogP contribution in [0.3, 0.4) is 0 Å². The molecule has 1 aromatic carbocycles. The van der Waals surface area contributed by atoms with E-state index in [1.165, 1.54) is 17.0 Å². The molecule has 0 atom stereocenters. The second-order valence-corrected chi connectivity index (χ2v) is 3.68. The van der Waals surface area contributed by atoms with E-state index >= 15 is 0 Å². The monoisotopic (exact) mass is 247 g/mol. The van der Waals surface area contributed by atoms with E-state index in [4.69, 9.17) is 10.7 Å². The Morgan fingerprint density at radius 2 is 2.06 bits per heavy atom. The maximum absolute atomic E-state index is 12.7. The lowest BCUT2D eigenvalue weighted by atomic mass is 10.1. The van der Waals surface area contributed by atoms with E-state index in [1.807, 2.05) is 0 Å². The molecule has 0 heterocycles. The number of nitrogens with zero attached hydrogens (tertiary/aromatic N) is 4. The van der Waals surface area contributed by atoms with Gasteiger partial charge < -0.3 is 10.0 Å². The molecule has 0 radical (unpaired) electrons. The first kappa shape index (κ1) is 13.5. The standard InChI is InChI=1S/C12H11FN4O/c1-17(12(18)11(8-14)16-15)7-6-9-2-4-10(13)5-3-9/h2-5H,6-7H2,1H3/p+1/b12-11+. The Labute approximate surface area is 104 Å². The van der Waals surface area contributed by atoms with Crippen molar-refractivity contribution < 1.29 is 9.50 Å². The Bertz CT molecular complexity index is 508. The number of halogens is 1. The molecule has 5 nitrogen and oxygen atoms in total. The molecule has 0 fully saturated rings. The van der Waals surface area contributed by atoms with Crippen molar-refractivity contribution in [3.63, 3.8) is 0 Å². The quantitative estimate of drug-likeness (QED) is 0.503. The largest absolute Gasteiger partial charge is 0.519 e. The number of allylic oxidation sites excluding steroid dienone is 1. The van der Waals surface area contributed by atoms with Gasteiger partial charge in [0.1, 0.15) is 5.82 Å². The van der Waals surface area contributed by atoms with Crippen LogP contribution < -0.4 is 0 Å². The number of hydrogen-bond donors (Lipinski definition) is 1. The van der Waals surface area contributed by atoms with Crippen molar-refractivity contribution >= 4 is 0 Å². The van der Waals surface area contributed by atoms with Crippen molar-refractivity contribution in [1.82, 2.24) is 4.90 Å². The van der Waals surface area contributed by atoms with Gasteiger partial charge in [0.05, 0.1) is 0 Å². The minimum Gasteiger partial charge on any atom is -0.488 e. The first-order valence-corrected chi connectivity index (χ1v) is 5.22. The number of benzene rings is 1. The van der Waals surface area contributed by atoms with Crippen molar-refractivity contribution in [2.75, 3.05) is 13.6 Å². The van der Waals surface area contributed by atoms with Crippen LogP contribution in [0, 0.1) is 22.5 Å². The van der Waals surface area contributed by atoms with Gasteiger partial charge in [0.2, 0.25) is 11.5 Å². The van der Waals surface area contributed by atoms with E-state index in [0.29, 0.717) is 13.0 Å². The van der Waals surface area contributed by atoms with Crippen LogP contribution in [0.15, 0.2) is 35.8 Å². The zero-order valence-corrected chi connectivity index (χ0v) is 9.84. The molecule has 0 aliphatic heterocycles. The number of diazo groups is 1. The molecule has 6 heteroatoms. The van der Waals surface area contributed by atoms with Crippen molar-refractivity contribution in [3.05, 3.63) is 52.2 Å². The fraction of sp³-hybridized carbons (Fsp3) is 0.250. The van der Waals surface area contributed by atoms with E-state index in [2.05, 4.69) is 4.98 Å². The summed E-state index contributed by atoms with van der Waals surface area (Å²) in [6.07, 6.45) is 0.560. The van der Waals surface area contributed by atoms with Gasteiger partial charge in [0.25, 0.3) is 5.88 Å². The number of nitriles is 1. The lowest BCUT2D eigenvalue weighted by Gasteiger charge is -2.14. The summed E-state index contributed by atoms with van der Waals surface area (Å²) in [6.45, 7) is 0.401. The van der Waals surface area contributed by atoms with Gasteiger partial charge in [0.15, 0.2) is 4.98 Å². The zero-order valence-electron chi connectivity index (χ0n) is 9.84. The van der Waals surface area contributed by atoms with Crippen molar-refractivity contribution in [3.8, 4) is 6.07 Å². The number of likely N-dealkylation sites (N-methyl/N-ethyl adjacent to an activating group) is 1. The Hall–Kier alpha value is -2.60. The number of aliphatic hydroxyl groups excluding tert-OH is 1. The van der Waals surface area contributed by atoms with E-state index in [1.54, 1.807) is 25.2 Å². The summed E-state index contributed by atoms with van der Waals surface area (Å²) < 4.78 is 12.7. The fourth-order valence-electron chi connectivity index (χ4n) is 1.35. The smallest absolute Gasteiger partial charge is 0.488 e. The summed E-state index contributed by atoms with van der Waals surface area (Å²) in [5.41, 5.74) is 0.451. The molecule has 1 aromatic rings. The molecule has 0 aliphatic carbocycles. The third kappa shape index (κ3) is 3.46. The Kier molecular flexibility index (Phi) is 4.65. The van der Waals surface area contributed by atoms with Crippen LogP contribution in [0.5, 0.6) is 0 Å². The molecule has 0 saturated carbocycles. The lowest BCUT2D eigenvalue weighted by molar-refractivity contribution is 0.232. The van der Waals surface area contributed by atoms with Gasteiger partial charge in [-0.05, 0) is 24.1 Å². The Morgan fingerprint density at radius 3 is 2.56 bits per heavy atom. The maximum atomic E-state index is 12.7. The summed E-state index contributed by atoms with van der Waals surface area (Å²) in [4.78, 5) is 4.05. The highest BCUT2D eigenvalue weighted by Crippen LogP contribution is 2.09. The van der Waals surface area contributed by atoms with Crippen LogP contribution in [0.1, 0.15) is 5.56 Å². The van der Waals surface area contributed by atoms with Gasteiger partial charge in [-0.15, -0.1) is 0 Å². The van der Waals surface area contributed by atoms with E-state index < -0.39 is 11.6 Å². The molecule has 1 rings (SSSR count). The van der Waals surface area contributed by atoms with E-state index in [9.17, 15) is 9.50 Å². The van der Waals surface area contributed by atoms with Crippen LogP contribution >= 0.6 is 0 Å². The third-order valence-electron chi connectivity index (χ3n) is 2.43. The second kappa shape index (κ2) is 6.21. The number of rotatable bonds is 4. The number of hydrogen-bond acceptors (Lipinski definition) is 4. The zero-order chi connectivity index (χ0) is 13.5. The minimum atomic E-state index is -0.448. The highest BCUT2D eigenvalue weighted by molar-refractivity contribution is 5.28. The van der Waals surface area contributed by atoms with Crippen molar-refractivity contribution in [2.24, 2.45) is 0 Å². The summed E-state index contributed by atoms with van der Waals surface area (Å²) in [7, 11) is 1.56. The van der Waals surface area contributed by atoms with Gasteiger partial charge in [-0.1, -0.05) is 12.1 Å². The Balaban J connectivity index is 2.65. The SMILES string of the molecule is CN(CCc1ccc(F)cc1)/C(O)=C(/C#N)[N+]#N. The van der Waals surface area contributed by atoms with Crippen LogP contribution in [-0.4, -0.2) is 23.6 Å². The molecular formula is C12H12FN4O+. The van der Waals surface area contributed by atoms with Crippen LogP contribution in [0.4, 0.5) is 4.39 Å². The molecular weight excluding hydrogens is 235 g/mol. The summed E-state index contributed by atoms with van der Waals surface area (Å²) in [5.74, 6) is -0.706. The predicted octanol–water partition coefficient (Wildman–Crippen LogP) is 2.40. The minimum absolute atomic E-state index is 0.305. The first-order chi connectivity index (χ1) is 8.58. The normalized spacial score (nSPS) is 11.1. The summed E-state index contributed by atoms with van der Waals surface area (Å²) in [6, 6.07) is 7.56. The fourth-order valence-corrected chi connectivity index (χ4v) is 1.35. The average molecular weight is 247 g/mol. The molecule has 0 aromatic heterocycles. The molecule has 18 heavy (non-hydrogen) atoms. The topological polar surface area (TPSA) is 75.4 Å². The van der Waals surface area contributed by atoms with Crippen molar-refractivity contribution in [2.45, 2.75) is 6.42 Å². The molecule has 92 valence electrons. The van der Waals surface area contributed by atoms with Gasteiger partial charge in [-0.2, -0.15) is 5.26 Å². The third-order valence-corrected chi connectivity index (χ3v) is 2.43. The molecule has 0 spiro atoms. The van der Waals surface area contributed by atoms with E-state index in [0.717, 1.165) is 5.56 Å². The van der Waals surface area contributed by atoms with Gasteiger partial charge in [0, 0.05) is 13.6 Å². The van der Waals surface area contributed by atoms with Gasteiger partial charge in [-0.25, -0.2) is 4.39 Å². The van der Waals surface area contributed by atoms with E-state index in [-0.39, 0.29) is 5.82 Å². The molecule has 0 aliphatic rings. The highest BCUT2D eigenvalue weighted by Gasteiger charge is 2.21. The molecule has 0 bridgehead atoms. The number of aliphatic hydroxyl groups is 1. The van der Waals surface area contributed by atoms with Gasteiger partial charge in [-0.3, -0.25) is 0 Å². The van der Waals surface area contributed by atoms with Crippen LogP contribution in [-0.2, 0) is 6.42 Å². The second-order valence-electron chi connectivity index (χ2n) is 3.68. The summed E-state index contributed by atoms with van der Waals surface area (Å²) in [5, 5.41) is 26.6. The maximum Gasteiger partial charge on any atom is 0.519 e. The molecule has 0 unspecified atom stereocenters. The van der Waals surface area contributed by atoms with Crippen molar-refractivity contribution in [1.29, 1.82) is 10.7 Å². The molecule has 0 amide bonds. The van der Waals surface area contributed by atoms with Gasteiger partial charge >= 0.3 is 5.70 Å². The average Bonchev–Trinajstić information content (AvgIpc) is 2.39. The Morgan fingerprint density at radius 1 is 1.44 bits per heavy atom. The summed E-state index contributed by atoms with van der Waals surface area (Å²) >= 11 is 0. The van der Waals surface area contributed by atoms with Crippen LogP contribution in [0.2, 0.25) is 0 Å². The molecule has 1 N–H and O–H groups in total. The first-order valence-electron chi connectivity index (χ1n) is 5.22.